The van der Waals surface area contributed by atoms with Gasteiger partial charge in [0.05, 0.1) is 6.42 Å². The van der Waals surface area contributed by atoms with Crippen LogP contribution in [0.4, 0.5) is 4.79 Å². The summed E-state index contributed by atoms with van der Waals surface area (Å²) in [6.07, 6.45) is -1.25. The SMILES string of the molecule is C[C@@H](NC(=O)OCc1ccccc1)C(=O)N[C@@H](CC(=O)OCc1ccccc1)C(=O)OCc1ccccc1. The molecule has 9 nitrogen and oxygen atoms in total. The van der Waals surface area contributed by atoms with Crippen molar-refractivity contribution in [1.29, 1.82) is 0 Å². The van der Waals surface area contributed by atoms with E-state index >= 15 is 0 Å². The molecule has 198 valence electrons. The summed E-state index contributed by atoms with van der Waals surface area (Å²) < 4.78 is 15.7. The van der Waals surface area contributed by atoms with Crippen molar-refractivity contribution in [1.82, 2.24) is 10.6 Å². The Bertz CT molecular complexity index is 1190. The van der Waals surface area contributed by atoms with Gasteiger partial charge in [-0.2, -0.15) is 0 Å². The van der Waals surface area contributed by atoms with E-state index in [1.54, 1.807) is 48.5 Å². The van der Waals surface area contributed by atoms with Crippen molar-refractivity contribution >= 4 is 23.9 Å². The zero-order chi connectivity index (χ0) is 27.2. The standard InChI is InChI=1S/C29H30N2O7/c1-21(30-29(35)38-20-24-15-9-4-10-16-24)27(33)31-25(28(34)37-19-23-13-7-3-8-14-23)17-26(32)36-18-22-11-5-2-6-12-22/h2-16,21,25H,17-20H2,1H3,(H,30,35)(H,31,33)/t21-,25+/m1/s1. The zero-order valence-corrected chi connectivity index (χ0v) is 21.0. The molecule has 0 saturated carbocycles. The number of nitrogens with one attached hydrogen (secondary N) is 2. The molecule has 3 rings (SSSR count). The van der Waals surface area contributed by atoms with Gasteiger partial charge in [0, 0.05) is 0 Å². The van der Waals surface area contributed by atoms with Crippen LogP contribution < -0.4 is 10.6 Å². The Labute approximate surface area is 221 Å². The van der Waals surface area contributed by atoms with Crippen LogP contribution in [0.15, 0.2) is 91.0 Å². The summed E-state index contributed by atoms with van der Waals surface area (Å²) >= 11 is 0. The van der Waals surface area contributed by atoms with Crippen LogP contribution in [-0.2, 0) is 48.4 Å². The van der Waals surface area contributed by atoms with Crippen molar-refractivity contribution in [2.45, 2.75) is 45.2 Å². The smallest absolute Gasteiger partial charge is 0.408 e. The van der Waals surface area contributed by atoms with Gasteiger partial charge in [-0.25, -0.2) is 9.59 Å². The van der Waals surface area contributed by atoms with E-state index in [0.717, 1.165) is 16.7 Å². The molecule has 2 atom stereocenters. The molecule has 9 heteroatoms. The van der Waals surface area contributed by atoms with Crippen LogP contribution in [0, 0.1) is 0 Å². The third-order valence-electron chi connectivity index (χ3n) is 5.38. The number of ether oxygens (including phenoxy) is 3. The first-order chi connectivity index (χ1) is 18.4. The number of carbonyl (C=O) groups is 4. The number of amides is 2. The number of esters is 2. The highest BCUT2D eigenvalue weighted by atomic mass is 16.6. The van der Waals surface area contributed by atoms with E-state index in [4.69, 9.17) is 14.2 Å². The second-order valence-corrected chi connectivity index (χ2v) is 8.43. The molecule has 0 aliphatic heterocycles. The highest BCUT2D eigenvalue weighted by molar-refractivity contribution is 5.91. The van der Waals surface area contributed by atoms with Crippen molar-refractivity contribution in [2.75, 3.05) is 0 Å². The highest BCUT2D eigenvalue weighted by Gasteiger charge is 2.29. The van der Waals surface area contributed by atoms with Gasteiger partial charge in [0.15, 0.2) is 0 Å². The lowest BCUT2D eigenvalue weighted by atomic mass is 10.2. The van der Waals surface area contributed by atoms with Gasteiger partial charge in [0.1, 0.15) is 31.9 Å². The fourth-order valence-electron chi connectivity index (χ4n) is 3.29. The topological polar surface area (TPSA) is 120 Å². The normalized spacial score (nSPS) is 11.9. The molecular formula is C29H30N2O7. The molecule has 0 heterocycles. The van der Waals surface area contributed by atoms with Crippen LogP contribution in [0.5, 0.6) is 0 Å². The Morgan fingerprint density at radius 2 is 1.08 bits per heavy atom. The second kappa shape index (κ2) is 14.8. The Kier molecular flexibility index (Phi) is 10.9. The van der Waals surface area contributed by atoms with Crippen LogP contribution in [0.1, 0.15) is 30.0 Å². The fraction of sp³-hybridized carbons (Fsp3) is 0.241. The number of rotatable bonds is 12. The third kappa shape index (κ3) is 9.77. The summed E-state index contributed by atoms with van der Waals surface area (Å²) in [7, 11) is 0. The Morgan fingerprint density at radius 3 is 1.58 bits per heavy atom. The first kappa shape index (κ1) is 27.9. The molecule has 0 aromatic heterocycles. The van der Waals surface area contributed by atoms with Gasteiger partial charge in [-0.1, -0.05) is 91.0 Å². The summed E-state index contributed by atoms with van der Waals surface area (Å²) in [5.41, 5.74) is 2.31. The maximum Gasteiger partial charge on any atom is 0.408 e. The molecule has 2 amide bonds. The van der Waals surface area contributed by atoms with Crippen molar-refractivity contribution in [3.63, 3.8) is 0 Å². The molecule has 0 aliphatic rings. The van der Waals surface area contributed by atoms with Gasteiger partial charge in [-0.3, -0.25) is 9.59 Å². The van der Waals surface area contributed by atoms with Crippen molar-refractivity contribution in [3.8, 4) is 0 Å². The lowest BCUT2D eigenvalue weighted by molar-refractivity contribution is -0.155. The molecule has 0 saturated heterocycles. The van der Waals surface area contributed by atoms with E-state index < -0.39 is 42.4 Å². The molecule has 0 unspecified atom stereocenters. The van der Waals surface area contributed by atoms with E-state index in [-0.39, 0.29) is 19.8 Å². The van der Waals surface area contributed by atoms with Gasteiger partial charge in [-0.15, -0.1) is 0 Å². The van der Waals surface area contributed by atoms with Crippen LogP contribution in [-0.4, -0.2) is 36.0 Å². The number of carbonyl (C=O) groups excluding carboxylic acids is 4. The maximum absolute atomic E-state index is 12.8. The molecule has 3 aromatic carbocycles. The summed E-state index contributed by atoms with van der Waals surface area (Å²) in [4.78, 5) is 50.2. The molecule has 0 radical (unpaired) electrons. The van der Waals surface area contributed by atoms with Crippen LogP contribution >= 0.6 is 0 Å². The van der Waals surface area contributed by atoms with E-state index in [0.29, 0.717) is 0 Å². The Hall–Kier alpha value is -4.66. The number of benzene rings is 3. The Morgan fingerprint density at radius 1 is 0.632 bits per heavy atom. The minimum absolute atomic E-state index is 0.0185. The van der Waals surface area contributed by atoms with Gasteiger partial charge in [-0.05, 0) is 23.6 Å². The van der Waals surface area contributed by atoms with Gasteiger partial charge >= 0.3 is 18.0 Å². The molecule has 0 aliphatic carbocycles. The lowest BCUT2D eigenvalue weighted by Crippen LogP contribution is -2.51. The fourth-order valence-corrected chi connectivity index (χ4v) is 3.29. The Balaban J connectivity index is 1.56. The zero-order valence-electron chi connectivity index (χ0n) is 21.0. The van der Waals surface area contributed by atoms with E-state index in [9.17, 15) is 19.2 Å². The van der Waals surface area contributed by atoms with Gasteiger partial charge in [0.2, 0.25) is 5.91 Å². The number of alkyl carbamates (subject to hydrolysis) is 1. The molecule has 0 spiro atoms. The predicted molar refractivity (Wildman–Crippen MR) is 138 cm³/mol. The second-order valence-electron chi connectivity index (χ2n) is 8.43. The average Bonchev–Trinajstić information content (AvgIpc) is 2.95. The predicted octanol–water partition coefficient (Wildman–Crippen LogP) is 3.66. The maximum atomic E-state index is 12.8. The quantitative estimate of drug-likeness (QED) is 0.277. The van der Waals surface area contributed by atoms with E-state index in [1.807, 2.05) is 42.5 Å². The summed E-state index contributed by atoms with van der Waals surface area (Å²) in [6.45, 7) is 1.44. The molecule has 3 aromatic rings. The summed E-state index contributed by atoms with van der Waals surface area (Å²) in [5.74, 6) is -2.20. The van der Waals surface area contributed by atoms with E-state index in [1.165, 1.54) is 6.92 Å². The van der Waals surface area contributed by atoms with Crippen molar-refractivity contribution < 1.29 is 33.4 Å². The third-order valence-corrected chi connectivity index (χ3v) is 5.38. The first-order valence-corrected chi connectivity index (χ1v) is 12.1. The summed E-state index contributed by atoms with van der Waals surface area (Å²) in [6, 6.07) is 24.7. The van der Waals surface area contributed by atoms with Gasteiger partial charge < -0.3 is 24.8 Å². The van der Waals surface area contributed by atoms with Gasteiger partial charge in [0.25, 0.3) is 0 Å². The van der Waals surface area contributed by atoms with Crippen molar-refractivity contribution in [3.05, 3.63) is 108 Å². The first-order valence-electron chi connectivity index (χ1n) is 12.1. The molecule has 38 heavy (non-hydrogen) atoms. The molecule has 0 fully saturated rings. The van der Waals surface area contributed by atoms with Crippen LogP contribution in [0.3, 0.4) is 0 Å². The minimum Gasteiger partial charge on any atom is -0.461 e. The average molecular weight is 519 g/mol. The lowest BCUT2D eigenvalue weighted by Gasteiger charge is -2.20. The largest absolute Gasteiger partial charge is 0.461 e. The number of hydrogen-bond acceptors (Lipinski definition) is 7. The van der Waals surface area contributed by atoms with E-state index in [2.05, 4.69) is 10.6 Å². The summed E-state index contributed by atoms with van der Waals surface area (Å²) in [5, 5.41) is 4.89. The monoisotopic (exact) mass is 518 g/mol. The molecule has 2 N–H and O–H groups in total. The van der Waals surface area contributed by atoms with Crippen molar-refractivity contribution in [2.24, 2.45) is 0 Å². The molecular weight excluding hydrogens is 488 g/mol. The highest BCUT2D eigenvalue weighted by Crippen LogP contribution is 2.08. The van der Waals surface area contributed by atoms with Crippen LogP contribution in [0.2, 0.25) is 0 Å². The molecule has 0 bridgehead atoms. The number of hydrogen-bond donors (Lipinski definition) is 2. The minimum atomic E-state index is -1.32. The van der Waals surface area contributed by atoms with Crippen LogP contribution in [0.25, 0.3) is 0 Å².